The lowest BCUT2D eigenvalue weighted by Gasteiger charge is -2.49. The van der Waals surface area contributed by atoms with Crippen LogP contribution < -0.4 is 0 Å². The molecule has 31 heavy (non-hydrogen) atoms. The second kappa shape index (κ2) is 9.05. The molecular formula is C26H38O5. The first kappa shape index (κ1) is 24.0. The summed E-state index contributed by atoms with van der Waals surface area (Å²) in [4.78, 5) is 12.1. The van der Waals surface area contributed by atoms with Crippen molar-refractivity contribution in [2.75, 3.05) is 13.7 Å². The number of allylic oxidation sites excluding steroid dienone is 4. The summed E-state index contributed by atoms with van der Waals surface area (Å²) in [6, 6.07) is 0. The first-order valence-electron chi connectivity index (χ1n) is 11.3. The molecule has 0 N–H and O–H groups in total. The van der Waals surface area contributed by atoms with Crippen molar-refractivity contribution >= 4 is 5.97 Å². The summed E-state index contributed by atoms with van der Waals surface area (Å²) < 4.78 is 24.1. The lowest BCUT2D eigenvalue weighted by molar-refractivity contribution is -0.236. The van der Waals surface area contributed by atoms with Crippen molar-refractivity contribution in [1.29, 1.82) is 0 Å². The standard InChI is InChI=1S/C26H38O5/c1-18(2)9-8-12-24(5)13-10-20-17-30-22-16-25(6,28-7)31-26(20,22)21(24)11-14-29-23(27)15-19(3)4/h9-11,14-15,21-22H,8,12-13,16-17H2,1-7H3/b14-11-/t21-,22-,24+,25+,26+/m1/s1. The van der Waals surface area contributed by atoms with Crippen LogP contribution in [0.15, 0.2) is 47.3 Å². The molecule has 1 aliphatic carbocycles. The zero-order valence-corrected chi connectivity index (χ0v) is 20.1. The minimum atomic E-state index is -0.701. The molecule has 5 nitrogen and oxygen atoms in total. The van der Waals surface area contributed by atoms with Crippen LogP contribution in [-0.2, 0) is 23.7 Å². The SMILES string of the molecule is CO[C@]1(C)C[C@H]2OCC3=CC[C@](C)(CCC=C(C)C)[C@@H](/C=C\OC(=O)C=C(C)C)[C@@]32O1. The van der Waals surface area contributed by atoms with Crippen molar-refractivity contribution in [3.05, 3.63) is 47.3 Å². The minimum absolute atomic E-state index is 0.00506. The Hall–Kier alpha value is -1.69. The highest BCUT2D eigenvalue weighted by molar-refractivity contribution is 5.83. The molecule has 0 amide bonds. The summed E-state index contributed by atoms with van der Waals surface area (Å²) in [5.74, 6) is -1.07. The van der Waals surface area contributed by atoms with Gasteiger partial charge in [0.2, 0.25) is 0 Å². The molecule has 3 aliphatic rings. The maximum absolute atomic E-state index is 12.1. The van der Waals surface area contributed by atoms with Gasteiger partial charge in [0.1, 0.15) is 5.60 Å². The molecule has 0 aromatic rings. The fraction of sp³-hybridized carbons (Fsp3) is 0.654. The molecular weight excluding hydrogens is 392 g/mol. The van der Waals surface area contributed by atoms with Gasteiger partial charge in [-0.15, -0.1) is 0 Å². The average molecular weight is 431 g/mol. The number of hydrogen-bond acceptors (Lipinski definition) is 5. The van der Waals surface area contributed by atoms with Gasteiger partial charge in [-0.1, -0.05) is 30.2 Å². The second-order valence-electron chi connectivity index (χ2n) is 10.1. The molecule has 2 saturated heterocycles. The summed E-state index contributed by atoms with van der Waals surface area (Å²) in [5, 5.41) is 0. The molecule has 5 atom stereocenters. The van der Waals surface area contributed by atoms with Crippen LogP contribution in [-0.4, -0.2) is 37.2 Å². The van der Waals surface area contributed by atoms with E-state index >= 15 is 0 Å². The maximum Gasteiger partial charge on any atom is 0.335 e. The molecule has 1 spiro atoms. The van der Waals surface area contributed by atoms with Gasteiger partial charge in [0.25, 0.3) is 0 Å². The minimum Gasteiger partial charge on any atom is -0.432 e. The summed E-state index contributed by atoms with van der Waals surface area (Å²) in [5.41, 5.74) is 2.75. The van der Waals surface area contributed by atoms with E-state index in [4.69, 9.17) is 18.9 Å². The van der Waals surface area contributed by atoms with Gasteiger partial charge >= 0.3 is 5.97 Å². The summed E-state index contributed by atoms with van der Waals surface area (Å²) in [6.45, 7) is 12.9. The van der Waals surface area contributed by atoms with E-state index in [0.29, 0.717) is 13.0 Å². The molecule has 0 bridgehead atoms. The van der Waals surface area contributed by atoms with Crippen LogP contribution in [0.1, 0.15) is 67.2 Å². The molecule has 0 unspecified atom stereocenters. The summed E-state index contributed by atoms with van der Waals surface area (Å²) >= 11 is 0. The Morgan fingerprint density at radius 1 is 1.23 bits per heavy atom. The quantitative estimate of drug-likeness (QED) is 0.227. The molecule has 0 saturated carbocycles. The van der Waals surface area contributed by atoms with E-state index in [1.165, 1.54) is 17.2 Å². The van der Waals surface area contributed by atoms with Crippen LogP contribution in [0.3, 0.4) is 0 Å². The van der Waals surface area contributed by atoms with E-state index in [2.05, 4.69) is 32.9 Å². The number of methoxy groups -OCH3 is 1. The Kier molecular flexibility index (Phi) is 6.99. The van der Waals surface area contributed by atoms with Crippen molar-refractivity contribution in [3.63, 3.8) is 0 Å². The third-order valence-electron chi connectivity index (χ3n) is 6.95. The fourth-order valence-electron chi connectivity index (χ4n) is 5.30. The highest BCUT2D eigenvalue weighted by atomic mass is 16.7. The lowest BCUT2D eigenvalue weighted by atomic mass is 9.58. The van der Waals surface area contributed by atoms with E-state index in [-0.39, 0.29) is 23.4 Å². The maximum atomic E-state index is 12.1. The summed E-state index contributed by atoms with van der Waals surface area (Å²) in [6.07, 6.45) is 13.2. The third-order valence-corrected chi connectivity index (χ3v) is 6.95. The highest BCUT2D eigenvalue weighted by Crippen LogP contribution is 2.61. The van der Waals surface area contributed by atoms with Gasteiger partial charge in [-0.3, -0.25) is 0 Å². The molecule has 0 aromatic heterocycles. The van der Waals surface area contributed by atoms with Crippen LogP contribution in [0, 0.1) is 11.3 Å². The first-order valence-corrected chi connectivity index (χ1v) is 11.3. The topological polar surface area (TPSA) is 54.0 Å². The van der Waals surface area contributed by atoms with Crippen LogP contribution in [0.25, 0.3) is 0 Å². The molecule has 0 aromatic carbocycles. The van der Waals surface area contributed by atoms with Crippen molar-refractivity contribution in [3.8, 4) is 0 Å². The zero-order chi connectivity index (χ0) is 22.9. The number of esters is 1. The molecule has 2 fully saturated rings. The van der Waals surface area contributed by atoms with E-state index in [0.717, 1.165) is 24.8 Å². The van der Waals surface area contributed by atoms with Crippen LogP contribution in [0.4, 0.5) is 0 Å². The van der Waals surface area contributed by atoms with E-state index < -0.39 is 11.4 Å². The van der Waals surface area contributed by atoms with E-state index in [9.17, 15) is 4.79 Å². The van der Waals surface area contributed by atoms with Gasteiger partial charge in [0.15, 0.2) is 5.79 Å². The van der Waals surface area contributed by atoms with Crippen LogP contribution in [0.5, 0.6) is 0 Å². The molecule has 0 radical (unpaired) electrons. The van der Waals surface area contributed by atoms with Gasteiger partial charge in [-0.25, -0.2) is 4.79 Å². The smallest absolute Gasteiger partial charge is 0.335 e. The van der Waals surface area contributed by atoms with Gasteiger partial charge in [-0.2, -0.15) is 0 Å². The molecule has 2 aliphatic heterocycles. The molecule has 172 valence electrons. The van der Waals surface area contributed by atoms with Crippen molar-refractivity contribution in [2.24, 2.45) is 11.3 Å². The van der Waals surface area contributed by atoms with Crippen LogP contribution >= 0.6 is 0 Å². The number of rotatable bonds is 7. The van der Waals surface area contributed by atoms with Crippen molar-refractivity contribution in [1.82, 2.24) is 0 Å². The summed E-state index contributed by atoms with van der Waals surface area (Å²) in [7, 11) is 1.68. The lowest BCUT2D eigenvalue weighted by Crippen LogP contribution is -2.53. The molecule has 3 rings (SSSR count). The fourth-order valence-corrected chi connectivity index (χ4v) is 5.30. The molecule has 5 heteroatoms. The number of ether oxygens (including phenoxy) is 4. The number of carbonyl (C=O) groups excluding carboxylic acids is 1. The van der Waals surface area contributed by atoms with E-state index in [1.807, 2.05) is 26.8 Å². The van der Waals surface area contributed by atoms with Gasteiger partial charge in [0.05, 0.1) is 19.0 Å². The average Bonchev–Trinajstić information content (AvgIpc) is 3.14. The number of carbonyl (C=O) groups is 1. The largest absolute Gasteiger partial charge is 0.432 e. The van der Waals surface area contributed by atoms with Gasteiger partial charge in [0, 0.05) is 25.5 Å². The second-order valence-corrected chi connectivity index (χ2v) is 10.1. The van der Waals surface area contributed by atoms with E-state index in [1.54, 1.807) is 13.4 Å². The Labute approximate surface area is 187 Å². The molecule has 2 heterocycles. The Morgan fingerprint density at radius 3 is 2.61 bits per heavy atom. The predicted octanol–water partition coefficient (Wildman–Crippen LogP) is 5.63. The van der Waals surface area contributed by atoms with Crippen molar-refractivity contribution in [2.45, 2.75) is 84.7 Å². The Morgan fingerprint density at radius 2 is 1.97 bits per heavy atom. The monoisotopic (exact) mass is 430 g/mol. The number of hydrogen-bond donors (Lipinski definition) is 0. The highest BCUT2D eigenvalue weighted by Gasteiger charge is 2.67. The third kappa shape index (κ3) is 4.74. The van der Waals surface area contributed by atoms with Gasteiger partial charge in [-0.05, 0) is 70.9 Å². The van der Waals surface area contributed by atoms with Crippen molar-refractivity contribution < 1.29 is 23.7 Å². The Balaban J connectivity index is 1.97. The zero-order valence-electron chi connectivity index (χ0n) is 20.1. The van der Waals surface area contributed by atoms with Crippen LogP contribution in [0.2, 0.25) is 0 Å². The van der Waals surface area contributed by atoms with Gasteiger partial charge < -0.3 is 18.9 Å². The Bertz CT molecular complexity index is 814. The normalized spacial score (nSPS) is 36.5. The first-order chi connectivity index (χ1) is 14.5. The predicted molar refractivity (Wildman–Crippen MR) is 121 cm³/mol.